The van der Waals surface area contributed by atoms with E-state index in [4.69, 9.17) is 4.42 Å². The molecule has 0 fully saturated rings. The minimum atomic E-state index is -0.0525. The first-order valence-corrected chi connectivity index (χ1v) is 17.6. The molecule has 9 rings (SSSR count). The van der Waals surface area contributed by atoms with Crippen LogP contribution in [0.1, 0.15) is 17.5 Å². The molecule has 3 heteroatoms. The summed E-state index contributed by atoms with van der Waals surface area (Å²) in [5.74, 6) is 0. The maximum Gasteiger partial charge on any atom is 0.138 e. The number of allylic oxidation sites excluding steroid dienone is 6. The van der Waals surface area contributed by atoms with Crippen molar-refractivity contribution >= 4 is 66.2 Å². The fraction of sp³-hybridized carbons (Fsp3) is 0.0833. The molecule has 3 nitrogen and oxygen atoms in total. The van der Waals surface area contributed by atoms with Crippen molar-refractivity contribution in [3.63, 3.8) is 0 Å². The summed E-state index contributed by atoms with van der Waals surface area (Å²) in [6, 6.07) is 39.3. The van der Waals surface area contributed by atoms with Gasteiger partial charge in [-0.2, -0.15) is 0 Å². The fourth-order valence-corrected chi connectivity index (χ4v) is 7.89. The Morgan fingerprint density at radius 3 is 1.88 bits per heavy atom. The number of aryl methyl sites for hydroxylation is 2. The first kappa shape index (κ1) is 30.7. The Morgan fingerprint density at radius 2 is 1.24 bits per heavy atom. The predicted octanol–water partition coefficient (Wildman–Crippen LogP) is 13.2. The van der Waals surface area contributed by atoms with Gasteiger partial charge < -0.3 is 14.2 Å². The van der Waals surface area contributed by atoms with Crippen LogP contribution in [-0.2, 0) is 0 Å². The summed E-state index contributed by atoms with van der Waals surface area (Å²) in [7, 11) is 0. The van der Waals surface area contributed by atoms with Crippen LogP contribution in [0.2, 0.25) is 0 Å². The SMILES string of the molecule is C=C1CC=CC=C1N(c1cccc(C)c1)c1cc2oc3cc(N(c4cccc(C)c4)C4C=CC=CC4=C)c4ccccc4c3c2c2ccccc12. The third kappa shape index (κ3) is 5.13. The van der Waals surface area contributed by atoms with E-state index in [0.29, 0.717) is 0 Å². The van der Waals surface area contributed by atoms with Gasteiger partial charge in [-0.05, 0) is 83.7 Å². The molecule has 0 saturated carbocycles. The van der Waals surface area contributed by atoms with Crippen molar-refractivity contribution in [3.8, 4) is 0 Å². The number of fused-ring (bicyclic) bond motifs is 7. The van der Waals surface area contributed by atoms with E-state index >= 15 is 0 Å². The molecule has 6 aromatic carbocycles. The van der Waals surface area contributed by atoms with Gasteiger partial charge in [0.25, 0.3) is 0 Å². The van der Waals surface area contributed by atoms with E-state index in [9.17, 15) is 0 Å². The van der Waals surface area contributed by atoms with Crippen LogP contribution in [0.4, 0.5) is 22.7 Å². The van der Waals surface area contributed by atoms with Gasteiger partial charge in [-0.25, -0.2) is 0 Å². The van der Waals surface area contributed by atoms with E-state index in [1.165, 1.54) is 11.1 Å². The third-order valence-corrected chi connectivity index (χ3v) is 10.2. The molecule has 1 heterocycles. The first-order valence-electron chi connectivity index (χ1n) is 17.6. The van der Waals surface area contributed by atoms with Crippen molar-refractivity contribution < 1.29 is 4.42 Å². The largest absolute Gasteiger partial charge is 0.456 e. The standard InChI is InChI=1S/C48H38N2O/c1-31-15-13-19-35(27-31)49(41-25-11-5-17-33(41)3)43-29-45-47(39-23-9-7-21-37(39)43)48-40-24-10-8-22-38(40)44(30-46(48)51-45)50(36-20-14-16-32(2)28-36)42-26-12-6-18-34(42)4/h5-17,19-30,41H,3-4,18H2,1-2H3. The van der Waals surface area contributed by atoms with Crippen molar-refractivity contribution in [2.24, 2.45) is 0 Å². The number of nitrogens with zero attached hydrogens (tertiary/aromatic N) is 2. The van der Waals surface area contributed by atoms with Gasteiger partial charge in [0.05, 0.1) is 17.4 Å². The summed E-state index contributed by atoms with van der Waals surface area (Å²) in [5.41, 5.74) is 11.6. The molecule has 246 valence electrons. The number of furan rings is 1. The molecular weight excluding hydrogens is 621 g/mol. The Hall–Kier alpha value is -6.32. The third-order valence-electron chi connectivity index (χ3n) is 10.2. The first-order chi connectivity index (χ1) is 25.0. The molecule has 2 aliphatic rings. The average Bonchev–Trinajstić information content (AvgIpc) is 3.52. The highest BCUT2D eigenvalue weighted by atomic mass is 16.3. The van der Waals surface area contributed by atoms with Crippen LogP contribution >= 0.6 is 0 Å². The molecule has 51 heavy (non-hydrogen) atoms. The van der Waals surface area contributed by atoms with Gasteiger partial charge in [0.1, 0.15) is 11.2 Å². The quantitative estimate of drug-likeness (QED) is 0.177. The molecule has 0 saturated heterocycles. The topological polar surface area (TPSA) is 19.6 Å². The van der Waals surface area contributed by atoms with E-state index in [1.807, 2.05) is 0 Å². The van der Waals surface area contributed by atoms with E-state index in [-0.39, 0.29) is 6.04 Å². The lowest BCUT2D eigenvalue weighted by molar-refractivity contribution is 0.669. The van der Waals surface area contributed by atoms with E-state index in [0.717, 1.165) is 89.5 Å². The highest BCUT2D eigenvalue weighted by Crippen LogP contribution is 2.48. The Labute approximate surface area is 298 Å². The molecule has 1 aromatic heterocycles. The van der Waals surface area contributed by atoms with Gasteiger partial charge in [0, 0.05) is 50.7 Å². The summed E-state index contributed by atoms with van der Waals surface area (Å²) < 4.78 is 7.03. The van der Waals surface area contributed by atoms with Crippen LogP contribution < -0.4 is 9.80 Å². The van der Waals surface area contributed by atoms with Crippen molar-refractivity contribution in [2.75, 3.05) is 9.80 Å². The molecular formula is C48H38N2O. The zero-order chi connectivity index (χ0) is 34.6. The van der Waals surface area contributed by atoms with E-state index in [2.05, 4.69) is 189 Å². The van der Waals surface area contributed by atoms with Gasteiger partial charge in [-0.1, -0.05) is 122 Å². The number of anilines is 4. The van der Waals surface area contributed by atoms with Crippen LogP contribution in [0.5, 0.6) is 0 Å². The highest BCUT2D eigenvalue weighted by Gasteiger charge is 2.27. The number of benzene rings is 6. The smallest absolute Gasteiger partial charge is 0.138 e. The Morgan fingerprint density at radius 1 is 0.627 bits per heavy atom. The number of hydrogen-bond acceptors (Lipinski definition) is 3. The second-order valence-electron chi connectivity index (χ2n) is 13.7. The van der Waals surface area contributed by atoms with Gasteiger partial charge >= 0.3 is 0 Å². The maximum atomic E-state index is 7.03. The van der Waals surface area contributed by atoms with E-state index < -0.39 is 0 Å². The molecule has 2 aliphatic carbocycles. The second-order valence-corrected chi connectivity index (χ2v) is 13.7. The minimum Gasteiger partial charge on any atom is -0.456 e. The summed E-state index contributed by atoms with van der Waals surface area (Å²) in [6.45, 7) is 13.3. The van der Waals surface area contributed by atoms with Crippen LogP contribution in [0.25, 0.3) is 43.5 Å². The van der Waals surface area contributed by atoms with Gasteiger partial charge in [-0.3, -0.25) is 0 Å². The number of hydrogen-bond donors (Lipinski definition) is 0. The Bertz CT molecular complexity index is 2700. The van der Waals surface area contributed by atoms with Crippen LogP contribution in [0.15, 0.2) is 186 Å². The lowest BCUT2D eigenvalue weighted by atomic mass is 9.95. The van der Waals surface area contributed by atoms with E-state index in [1.54, 1.807) is 0 Å². The fourth-order valence-electron chi connectivity index (χ4n) is 7.89. The lowest BCUT2D eigenvalue weighted by Crippen LogP contribution is -2.31. The molecule has 0 N–H and O–H groups in total. The van der Waals surface area contributed by atoms with Crippen LogP contribution in [-0.4, -0.2) is 6.04 Å². The molecule has 1 unspecified atom stereocenters. The summed E-state index contributed by atoms with van der Waals surface area (Å²) >= 11 is 0. The zero-order valence-corrected chi connectivity index (χ0v) is 28.9. The molecule has 0 bridgehead atoms. The predicted molar refractivity (Wildman–Crippen MR) is 218 cm³/mol. The molecule has 0 radical (unpaired) electrons. The minimum absolute atomic E-state index is 0.0525. The van der Waals surface area contributed by atoms with Crippen LogP contribution in [0.3, 0.4) is 0 Å². The molecule has 0 amide bonds. The molecule has 7 aromatic rings. The highest BCUT2D eigenvalue weighted by molar-refractivity contribution is 6.30. The van der Waals surface area contributed by atoms with Crippen LogP contribution in [0, 0.1) is 13.8 Å². The Kier molecular flexibility index (Phi) is 7.36. The summed E-state index contributed by atoms with van der Waals surface area (Å²) in [6.07, 6.45) is 15.8. The normalized spacial score (nSPS) is 15.7. The summed E-state index contributed by atoms with van der Waals surface area (Å²) in [5, 5.41) is 6.88. The van der Waals surface area contributed by atoms with Gasteiger partial charge in [0.2, 0.25) is 0 Å². The lowest BCUT2D eigenvalue weighted by Gasteiger charge is -2.34. The van der Waals surface area contributed by atoms with Gasteiger partial charge in [-0.15, -0.1) is 0 Å². The summed E-state index contributed by atoms with van der Waals surface area (Å²) in [4.78, 5) is 4.76. The van der Waals surface area contributed by atoms with Crippen molar-refractivity contribution in [1.82, 2.24) is 0 Å². The average molecular weight is 659 g/mol. The maximum absolute atomic E-state index is 7.03. The zero-order valence-electron chi connectivity index (χ0n) is 28.9. The van der Waals surface area contributed by atoms with Crippen molar-refractivity contribution in [3.05, 3.63) is 193 Å². The number of rotatable bonds is 6. The Balaban J connectivity index is 1.36. The molecule has 1 atom stereocenters. The van der Waals surface area contributed by atoms with Crippen molar-refractivity contribution in [1.29, 1.82) is 0 Å². The van der Waals surface area contributed by atoms with Gasteiger partial charge in [0.15, 0.2) is 0 Å². The van der Waals surface area contributed by atoms with Crippen molar-refractivity contribution in [2.45, 2.75) is 26.3 Å². The molecule has 0 spiro atoms. The monoisotopic (exact) mass is 658 g/mol. The molecule has 0 aliphatic heterocycles. The second kappa shape index (κ2) is 12.2.